The number of hydrogen-bond donors (Lipinski definition) is 0. The molecule has 0 fully saturated rings. The van der Waals surface area contributed by atoms with Crippen molar-refractivity contribution in [1.29, 1.82) is 0 Å². The third-order valence-corrected chi connectivity index (χ3v) is 5.40. The Hall–Kier alpha value is -3.90. The third-order valence-electron chi connectivity index (χ3n) is 5.00. The topological polar surface area (TPSA) is 59.6 Å². The molecule has 0 atom stereocenters. The van der Waals surface area contributed by atoms with Gasteiger partial charge in [0.25, 0.3) is 0 Å². The highest BCUT2D eigenvalue weighted by molar-refractivity contribution is 6.51. The van der Waals surface area contributed by atoms with E-state index in [9.17, 15) is 9.18 Å². The molecule has 33 heavy (non-hydrogen) atoms. The average molecular weight is 459 g/mol. The van der Waals surface area contributed by atoms with E-state index in [4.69, 9.17) is 11.6 Å². The van der Waals surface area contributed by atoms with E-state index in [0.29, 0.717) is 34.1 Å². The van der Waals surface area contributed by atoms with Crippen LogP contribution < -0.4 is 0 Å². The lowest BCUT2D eigenvalue weighted by molar-refractivity contribution is 0.106. The molecule has 0 bridgehead atoms. The number of hydrogen-bond acceptors (Lipinski definition) is 4. The molecular formula is C26H20ClFN4O. The van der Waals surface area contributed by atoms with E-state index in [1.54, 1.807) is 41.1 Å². The van der Waals surface area contributed by atoms with E-state index < -0.39 is 0 Å². The minimum Gasteiger partial charge on any atom is -0.287 e. The minimum atomic E-state index is -0.300. The van der Waals surface area contributed by atoms with Gasteiger partial charge < -0.3 is 0 Å². The summed E-state index contributed by atoms with van der Waals surface area (Å²) in [6.45, 7) is 2.20. The number of aryl methyl sites for hydroxylation is 1. The summed E-state index contributed by atoms with van der Waals surface area (Å²) in [5.41, 5.74) is 3.54. The van der Waals surface area contributed by atoms with Crippen LogP contribution in [-0.4, -0.2) is 27.5 Å². The predicted molar refractivity (Wildman–Crippen MR) is 129 cm³/mol. The van der Waals surface area contributed by atoms with Crippen LogP contribution in [-0.2, 0) is 6.54 Å². The maximum absolute atomic E-state index is 13.2. The fourth-order valence-electron chi connectivity index (χ4n) is 3.28. The number of halogens is 2. The van der Waals surface area contributed by atoms with Gasteiger partial charge >= 0.3 is 0 Å². The molecule has 0 aliphatic carbocycles. The maximum Gasteiger partial charge on any atom is 0.213 e. The van der Waals surface area contributed by atoms with Crippen LogP contribution in [0.5, 0.6) is 0 Å². The van der Waals surface area contributed by atoms with Gasteiger partial charge in [0.1, 0.15) is 16.7 Å². The van der Waals surface area contributed by atoms with Gasteiger partial charge in [-0.05, 0) is 24.6 Å². The van der Waals surface area contributed by atoms with Gasteiger partial charge in [-0.25, -0.2) is 9.07 Å². The Morgan fingerprint density at radius 1 is 0.970 bits per heavy atom. The van der Waals surface area contributed by atoms with Crippen molar-refractivity contribution in [2.45, 2.75) is 13.5 Å². The first-order valence-corrected chi connectivity index (χ1v) is 10.6. The Morgan fingerprint density at radius 3 is 2.21 bits per heavy atom. The molecule has 164 valence electrons. The smallest absolute Gasteiger partial charge is 0.213 e. The van der Waals surface area contributed by atoms with E-state index in [2.05, 4.69) is 15.3 Å². The van der Waals surface area contributed by atoms with E-state index in [-0.39, 0.29) is 17.3 Å². The molecule has 0 saturated carbocycles. The first kappa shape index (κ1) is 22.3. The normalized spacial score (nSPS) is 11.8. The fraction of sp³-hybridized carbons (Fsp3) is 0.0769. The molecule has 0 radical (unpaired) electrons. The van der Waals surface area contributed by atoms with Gasteiger partial charge in [-0.15, -0.1) is 5.10 Å². The second kappa shape index (κ2) is 10.1. The largest absolute Gasteiger partial charge is 0.287 e. The van der Waals surface area contributed by atoms with Crippen molar-refractivity contribution < 1.29 is 9.18 Å². The molecule has 4 rings (SSSR count). The van der Waals surface area contributed by atoms with Crippen LogP contribution in [0.4, 0.5) is 4.39 Å². The van der Waals surface area contributed by atoms with Gasteiger partial charge in [-0.2, -0.15) is 10.2 Å². The van der Waals surface area contributed by atoms with Crippen molar-refractivity contribution in [2.75, 3.05) is 0 Å². The van der Waals surface area contributed by atoms with Gasteiger partial charge in [0, 0.05) is 11.1 Å². The highest BCUT2D eigenvalue weighted by Crippen LogP contribution is 2.20. The number of benzene rings is 3. The molecule has 0 unspecified atom stereocenters. The SMILES string of the molecule is Cc1nn(Cc2ccc(F)cc2)c(Cl)c1C=NN=C(C(=O)c1ccccc1)c1ccccc1. The van der Waals surface area contributed by atoms with E-state index >= 15 is 0 Å². The summed E-state index contributed by atoms with van der Waals surface area (Å²) in [6.07, 6.45) is 1.49. The molecule has 0 spiro atoms. The zero-order valence-corrected chi connectivity index (χ0v) is 18.6. The van der Waals surface area contributed by atoms with Gasteiger partial charge in [-0.3, -0.25) is 4.79 Å². The average Bonchev–Trinajstić information content (AvgIpc) is 3.11. The summed E-state index contributed by atoms with van der Waals surface area (Å²) in [6, 6.07) is 24.3. The van der Waals surface area contributed by atoms with Crippen LogP contribution >= 0.6 is 11.6 Å². The highest BCUT2D eigenvalue weighted by atomic mass is 35.5. The molecule has 0 N–H and O–H groups in total. The number of aromatic nitrogens is 2. The molecule has 0 amide bonds. The zero-order valence-electron chi connectivity index (χ0n) is 17.8. The molecule has 3 aromatic carbocycles. The molecular weight excluding hydrogens is 439 g/mol. The summed E-state index contributed by atoms with van der Waals surface area (Å²) in [5.74, 6) is -0.528. The monoisotopic (exact) mass is 458 g/mol. The van der Waals surface area contributed by atoms with Crippen molar-refractivity contribution in [3.8, 4) is 0 Å². The summed E-state index contributed by atoms with van der Waals surface area (Å²) < 4.78 is 14.8. The summed E-state index contributed by atoms with van der Waals surface area (Å²) in [7, 11) is 0. The summed E-state index contributed by atoms with van der Waals surface area (Å²) in [5, 5.41) is 13.3. The molecule has 5 nitrogen and oxygen atoms in total. The van der Waals surface area contributed by atoms with Crippen LogP contribution in [0, 0.1) is 12.7 Å². The molecule has 4 aromatic rings. The summed E-state index contributed by atoms with van der Waals surface area (Å²) >= 11 is 6.52. The number of Topliss-reactive ketones (excluding diaryl/α,β-unsaturated/α-hetero) is 1. The highest BCUT2D eigenvalue weighted by Gasteiger charge is 2.16. The van der Waals surface area contributed by atoms with Crippen LogP contribution in [0.2, 0.25) is 5.15 Å². The second-order valence-corrected chi connectivity index (χ2v) is 7.69. The van der Waals surface area contributed by atoms with Crippen LogP contribution in [0.25, 0.3) is 0 Å². The Kier molecular flexibility index (Phi) is 6.86. The Labute approximate surface area is 195 Å². The van der Waals surface area contributed by atoms with Crippen molar-refractivity contribution >= 4 is 29.3 Å². The van der Waals surface area contributed by atoms with Gasteiger partial charge in [0.2, 0.25) is 5.78 Å². The van der Waals surface area contributed by atoms with Crippen molar-refractivity contribution in [1.82, 2.24) is 9.78 Å². The lowest BCUT2D eigenvalue weighted by Gasteiger charge is -2.04. The number of nitrogens with zero attached hydrogens (tertiary/aromatic N) is 4. The van der Waals surface area contributed by atoms with Crippen molar-refractivity contribution in [2.24, 2.45) is 10.2 Å². The van der Waals surface area contributed by atoms with E-state index in [1.165, 1.54) is 18.3 Å². The minimum absolute atomic E-state index is 0.227. The Balaban J connectivity index is 1.63. The van der Waals surface area contributed by atoms with Crippen LogP contribution in [0.1, 0.15) is 32.7 Å². The Bertz CT molecular complexity index is 1310. The van der Waals surface area contributed by atoms with Crippen LogP contribution in [0.15, 0.2) is 95.1 Å². The number of carbonyl (C=O) groups excluding carboxylic acids is 1. The standard InChI is InChI=1S/C26H20ClFN4O/c1-18-23(26(27)32(31-18)17-19-12-14-22(28)15-13-19)16-29-30-24(20-8-4-2-5-9-20)25(33)21-10-6-3-7-11-21/h2-16H,17H2,1H3. The first-order chi connectivity index (χ1) is 16.0. The van der Waals surface area contributed by atoms with Crippen molar-refractivity contribution in [3.05, 3.63) is 124 Å². The van der Waals surface area contributed by atoms with Gasteiger partial charge in [0.05, 0.1) is 24.0 Å². The van der Waals surface area contributed by atoms with Gasteiger partial charge in [0.15, 0.2) is 0 Å². The molecule has 7 heteroatoms. The summed E-state index contributed by atoms with van der Waals surface area (Å²) in [4.78, 5) is 13.1. The third kappa shape index (κ3) is 5.30. The molecule has 1 heterocycles. The molecule has 1 aromatic heterocycles. The quantitative estimate of drug-likeness (QED) is 0.201. The van der Waals surface area contributed by atoms with Crippen LogP contribution in [0.3, 0.4) is 0 Å². The lowest BCUT2D eigenvalue weighted by atomic mass is 10.0. The lowest BCUT2D eigenvalue weighted by Crippen LogP contribution is -2.15. The Morgan fingerprint density at radius 2 is 1.58 bits per heavy atom. The van der Waals surface area contributed by atoms with E-state index in [1.807, 2.05) is 43.3 Å². The fourth-order valence-corrected chi connectivity index (χ4v) is 3.57. The van der Waals surface area contributed by atoms with E-state index in [0.717, 1.165) is 5.56 Å². The number of carbonyl (C=O) groups is 1. The predicted octanol–water partition coefficient (Wildman–Crippen LogP) is 5.74. The van der Waals surface area contributed by atoms with Crippen molar-refractivity contribution in [3.63, 3.8) is 0 Å². The molecule has 0 aliphatic heterocycles. The first-order valence-electron chi connectivity index (χ1n) is 10.3. The molecule has 0 aliphatic rings. The second-order valence-electron chi connectivity index (χ2n) is 7.33. The number of ketones is 1. The number of rotatable bonds is 7. The molecule has 0 saturated heterocycles. The van der Waals surface area contributed by atoms with Gasteiger partial charge in [-0.1, -0.05) is 84.4 Å². The zero-order chi connectivity index (χ0) is 23.2. The maximum atomic E-state index is 13.2.